The van der Waals surface area contributed by atoms with Crippen LogP contribution in [0.25, 0.3) is 16.6 Å². The van der Waals surface area contributed by atoms with E-state index < -0.39 is 12.1 Å². The van der Waals surface area contributed by atoms with Crippen LogP contribution in [0.3, 0.4) is 0 Å². The van der Waals surface area contributed by atoms with Crippen molar-refractivity contribution in [3.8, 4) is 0 Å². The molecule has 5 nitrogen and oxygen atoms in total. The highest BCUT2D eigenvalue weighted by molar-refractivity contribution is 6.02. The van der Waals surface area contributed by atoms with Gasteiger partial charge in [-0.15, -0.1) is 0 Å². The van der Waals surface area contributed by atoms with Crippen molar-refractivity contribution < 1.29 is 13.9 Å². The molecule has 1 atom stereocenters. The number of allylic oxidation sites excluding steroid dienone is 1. The second-order valence-corrected chi connectivity index (χ2v) is 4.79. The fourth-order valence-electron chi connectivity index (χ4n) is 2.52. The van der Waals surface area contributed by atoms with Gasteiger partial charge in [-0.25, -0.2) is 14.2 Å². The predicted octanol–water partition coefficient (Wildman–Crippen LogP) is 2.17. The molecule has 0 fully saturated rings. The molecule has 0 bridgehead atoms. The van der Waals surface area contributed by atoms with E-state index in [1.165, 1.54) is 19.4 Å². The van der Waals surface area contributed by atoms with Gasteiger partial charge >= 0.3 is 5.97 Å². The molecule has 1 unspecified atom stereocenters. The molecule has 2 heterocycles. The van der Waals surface area contributed by atoms with Gasteiger partial charge in [0.15, 0.2) is 6.17 Å². The van der Waals surface area contributed by atoms with Crippen LogP contribution in [-0.2, 0) is 11.8 Å². The number of ether oxygens (including phenoxy) is 1. The summed E-state index contributed by atoms with van der Waals surface area (Å²) >= 11 is 0. The smallest absolute Gasteiger partial charge is 0.340 e. The maximum absolute atomic E-state index is 13.4. The Kier molecular flexibility index (Phi) is 3.29. The van der Waals surface area contributed by atoms with Crippen LogP contribution < -0.4 is 0 Å². The normalized spacial score (nSPS) is 17.9. The molecule has 6 heteroatoms. The van der Waals surface area contributed by atoms with E-state index >= 15 is 0 Å². The molecule has 0 spiro atoms. The number of rotatable bonds is 2. The van der Waals surface area contributed by atoms with Crippen LogP contribution in [-0.4, -0.2) is 41.6 Å². The summed E-state index contributed by atoms with van der Waals surface area (Å²) in [7, 11) is 3.13. The minimum atomic E-state index is -1.20. The van der Waals surface area contributed by atoms with Crippen LogP contribution in [0.1, 0.15) is 16.2 Å². The number of methoxy groups -OCH3 is 1. The molecule has 0 aliphatic carbocycles. The molecule has 1 aliphatic rings. The lowest BCUT2D eigenvalue weighted by Crippen LogP contribution is -2.10. The number of benzene rings is 1. The minimum Gasteiger partial charge on any atom is -0.465 e. The van der Waals surface area contributed by atoms with Crippen LogP contribution in [0.5, 0.6) is 0 Å². The van der Waals surface area contributed by atoms with Gasteiger partial charge in [0.25, 0.3) is 0 Å². The third-order valence-corrected chi connectivity index (χ3v) is 3.46. The van der Waals surface area contributed by atoms with Gasteiger partial charge in [-0.3, -0.25) is 4.99 Å². The predicted molar refractivity (Wildman–Crippen MR) is 78.3 cm³/mol. The first-order chi connectivity index (χ1) is 10.1. The van der Waals surface area contributed by atoms with Crippen molar-refractivity contribution in [2.24, 2.45) is 12.0 Å². The number of fused-ring (bicyclic) bond motifs is 1. The highest BCUT2D eigenvalue weighted by Gasteiger charge is 2.20. The van der Waals surface area contributed by atoms with Gasteiger partial charge in [0.1, 0.15) is 5.82 Å². The Morgan fingerprint density at radius 1 is 1.48 bits per heavy atom. The molecule has 21 heavy (non-hydrogen) atoms. The van der Waals surface area contributed by atoms with Gasteiger partial charge in [0, 0.05) is 18.8 Å². The monoisotopic (exact) mass is 287 g/mol. The van der Waals surface area contributed by atoms with E-state index in [-0.39, 0.29) is 0 Å². The molecule has 0 N–H and O–H groups in total. The Hall–Kier alpha value is -2.50. The van der Waals surface area contributed by atoms with Crippen LogP contribution in [0.15, 0.2) is 29.3 Å². The summed E-state index contributed by atoms with van der Waals surface area (Å²) in [6.45, 7) is 0.380. The second-order valence-electron chi connectivity index (χ2n) is 4.79. The van der Waals surface area contributed by atoms with E-state index in [0.29, 0.717) is 34.5 Å². The number of para-hydroxylation sites is 1. The van der Waals surface area contributed by atoms with Crippen molar-refractivity contribution in [1.82, 2.24) is 9.55 Å². The summed E-state index contributed by atoms with van der Waals surface area (Å²) in [4.78, 5) is 20.3. The highest BCUT2D eigenvalue weighted by Crippen LogP contribution is 2.25. The Morgan fingerprint density at radius 2 is 2.29 bits per heavy atom. The lowest BCUT2D eigenvalue weighted by Gasteiger charge is -2.10. The summed E-state index contributed by atoms with van der Waals surface area (Å²) in [5.41, 5.74) is 2.49. The molecule has 2 aromatic rings. The van der Waals surface area contributed by atoms with E-state index in [1.807, 2.05) is 6.07 Å². The standard InChI is InChI=1S/C15H14FN3O2/c1-19-13-11(15(20)21-2)4-3-5-12(13)18-14(19)9-6-10(16)8-17-7-9/h3-6,8,10H,7H2,1-2H3. The zero-order valence-electron chi connectivity index (χ0n) is 11.7. The molecule has 0 saturated heterocycles. The first-order valence-electron chi connectivity index (χ1n) is 6.50. The third-order valence-electron chi connectivity index (χ3n) is 3.46. The first-order valence-corrected chi connectivity index (χ1v) is 6.50. The van der Waals surface area contributed by atoms with E-state index in [1.54, 1.807) is 23.7 Å². The largest absolute Gasteiger partial charge is 0.465 e. The number of dihydropyridines is 1. The summed E-state index contributed by atoms with van der Waals surface area (Å²) in [5.74, 6) is 0.190. The average molecular weight is 287 g/mol. The van der Waals surface area contributed by atoms with Gasteiger partial charge in [-0.05, 0) is 18.2 Å². The zero-order valence-corrected chi connectivity index (χ0v) is 11.7. The molecular formula is C15H14FN3O2. The van der Waals surface area contributed by atoms with Crippen molar-refractivity contribution in [2.75, 3.05) is 13.7 Å². The molecular weight excluding hydrogens is 273 g/mol. The minimum absolute atomic E-state index is 0.380. The number of carbonyl (C=O) groups is 1. The van der Waals surface area contributed by atoms with E-state index in [0.717, 1.165) is 0 Å². The molecule has 1 aliphatic heterocycles. The molecule has 1 aromatic carbocycles. The Morgan fingerprint density at radius 3 is 3.00 bits per heavy atom. The lowest BCUT2D eigenvalue weighted by atomic mass is 10.1. The third kappa shape index (κ3) is 2.22. The number of alkyl halides is 1. The van der Waals surface area contributed by atoms with Crippen LogP contribution in [0.4, 0.5) is 4.39 Å². The van der Waals surface area contributed by atoms with Crippen LogP contribution in [0.2, 0.25) is 0 Å². The fourth-order valence-corrected chi connectivity index (χ4v) is 2.52. The molecule has 3 rings (SSSR count). The summed E-state index contributed by atoms with van der Waals surface area (Å²) in [6, 6.07) is 5.24. The van der Waals surface area contributed by atoms with Crippen molar-refractivity contribution in [3.05, 3.63) is 35.7 Å². The molecule has 108 valence electrons. The topological polar surface area (TPSA) is 56.5 Å². The van der Waals surface area contributed by atoms with Gasteiger partial charge in [0.2, 0.25) is 0 Å². The summed E-state index contributed by atoms with van der Waals surface area (Å²) in [6.07, 6.45) is 1.56. The number of aliphatic imine (C=N–C) groups is 1. The van der Waals surface area contributed by atoms with Gasteiger partial charge in [-0.2, -0.15) is 0 Å². The summed E-state index contributed by atoms with van der Waals surface area (Å²) < 4.78 is 20.0. The number of nitrogens with zero attached hydrogens (tertiary/aromatic N) is 3. The number of hydrogen-bond donors (Lipinski definition) is 0. The number of esters is 1. The number of carbonyl (C=O) groups excluding carboxylic acids is 1. The number of hydrogen-bond acceptors (Lipinski definition) is 4. The van der Waals surface area contributed by atoms with Gasteiger partial charge in [-0.1, -0.05) is 6.07 Å². The highest BCUT2D eigenvalue weighted by atomic mass is 19.1. The summed E-state index contributed by atoms with van der Waals surface area (Å²) in [5, 5.41) is 0. The first kappa shape index (κ1) is 13.5. The molecule has 1 aromatic heterocycles. The molecule has 0 radical (unpaired) electrons. The Balaban J connectivity index is 2.19. The van der Waals surface area contributed by atoms with Gasteiger partial charge < -0.3 is 9.30 Å². The van der Waals surface area contributed by atoms with E-state index in [4.69, 9.17) is 4.74 Å². The van der Waals surface area contributed by atoms with E-state index in [2.05, 4.69) is 9.98 Å². The Bertz CT molecular complexity index is 777. The van der Waals surface area contributed by atoms with Crippen molar-refractivity contribution >= 4 is 28.8 Å². The lowest BCUT2D eigenvalue weighted by molar-refractivity contribution is 0.0602. The fraction of sp³-hybridized carbons (Fsp3) is 0.267. The second kappa shape index (κ2) is 5.12. The average Bonchev–Trinajstić information content (AvgIpc) is 2.84. The Labute approximate surface area is 120 Å². The van der Waals surface area contributed by atoms with Gasteiger partial charge in [0.05, 0.1) is 30.3 Å². The number of halogens is 1. The number of aryl methyl sites for hydroxylation is 1. The maximum Gasteiger partial charge on any atom is 0.340 e. The van der Waals surface area contributed by atoms with Crippen molar-refractivity contribution in [3.63, 3.8) is 0 Å². The molecule has 0 saturated carbocycles. The zero-order chi connectivity index (χ0) is 15.0. The van der Waals surface area contributed by atoms with Crippen LogP contribution in [0, 0.1) is 0 Å². The molecule has 0 amide bonds. The quantitative estimate of drug-likeness (QED) is 0.795. The SMILES string of the molecule is COC(=O)c1cccc2nc(C3=CC(F)C=NC3)n(C)c12. The number of aromatic nitrogens is 2. The van der Waals surface area contributed by atoms with Crippen LogP contribution >= 0.6 is 0 Å². The van der Waals surface area contributed by atoms with E-state index in [9.17, 15) is 9.18 Å². The number of imidazole rings is 1. The maximum atomic E-state index is 13.4. The van der Waals surface area contributed by atoms with Crippen molar-refractivity contribution in [2.45, 2.75) is 6.17 Å². The van der Waals surface area contributed by atoms with Crippen molar-refractivity contribution in [1.29, 1.82) is 0 Å².